The molecular formula is H8O8Ti. The minimum absolute atomic E-state index is 0. The molecule has 0 saturated carbocycles. The van der Waals surface area contributed by atoms with Crippen LogP contribution in [-0.4, -0.2) is 42.1 Å². The van der Waals surface area contributed by atoms with Gasteiger partial charge in [0.15, 0.2) is 0 Å². The van der Waals surface area contributed by atoms with Gasteiger partial charge < -0.3 is 0 Å². The van der Waals surface area contributed by atoms with Gasteiger partial charge in [-0.15, -0.1) is 0 Å². The summed E-state index contributed by atoms with van der Waals surface area (Å²) in [7, 11) is 0. The summed E-state index contributed by atoms with van der Waals surface area (Å²) in [5.41, 5.74) is 0. The summed E-state index contributed by atoms with van der Waals surface area (Å²) in [4.78, 5) is 0. The smallest absolute Gasteiger partial charge is 0 e. The zero-order valence-electron chi connectivity index (χ0n) is 4.08. The van der Waals surface area contributed by atoms with Crippen LogP contribution in [0.1, 0.15) is 0 Å². The van der Waals surface area contributed by atoms with E-state index in [0.29, 0.717) is 0 Å². The number of rotatable bonds is 0. The van der Waals surface area contributed by atoms with Gasteiger partial charge in [-0.2, -0.15) is 0 Å². The Bertz CT molecular complexity index is 4.53. The summed E-state index contributed by atoms with van der Waals surface area (Å²) in [5, 5.41) is 48.0. The van der Waals surface area contributed by atoms with E-state index in [1.807, 2.05) is 0 Å². The van der Waals surface area contributed by atoms with Crippen LogP contribution in [-0.2, 0) is 21.7 Å². The van der Waals surface area contributed by atoms with Crippen LogP contribution in [0.15, 0.2) is 0 Å². The molecule has 0 heterocycles. The molecule has 0 radical (unpaired) electrons. The molecule has 0 atom stereocenters. The van der Waals surface area contributed by atoms with Crippen LogP contribution in [0.3, 0.4) is 0 Å². The Morgan fingerprint density at radius 3 is 0.333 bits per heavy atom. The van der Waals surface area contributed by atoms with Crippen molar-refractivity contribution >= 4 is 0 Å². The van der Waals surface area contributed by atoms with Crippen molar-refractivity contribution in [2.24, 2.45) is 0 Å². The van der Waals surface area contributed by atoms with Gasteiger partial charge in [0.1, 0.15) is 0 Å². The SMILES string of the molecule is OO.OO.OO.OO.[Ti]. The maximum absolute atomic E-state index is 6.00. The Hall–Kier alpha value is 0.394. The van der Waals surface area contributed by atoms with Gasteiger partial charge in [-0.3, -0.25) is 42.1 Å². The minimum atomic E-state index is 0. The molecule has 0 aliphatic rings. The zero-order valence-corrected chi connectivity index (χ0v) is 5.64. The van der Waals surface area contributed by atoms with E-state index < -0.39 is 0 Å². The van der Waals surface area contributed by atoms with Crippen molar-refractivity contribution in [3.8, 4) is 0 Å². The van der Waals surface area contributed by atoms with Crippen molar-refractivity contribution in [3.63, 3.8) is 0 Å². The molecule has 0 fully saturated rings. The third-order valence-corrected chi connectivity index (χ3v) is 0. The van der Waals surface area contributed by atoms with Crippen molar-refractivity contribution in [1.29, 1.82) is 0 Å². The molecule has 0 amide bonds. The summed E-state index contributed by atoms with van der Waals surface area (Å²) in [5.74, 6) is 0. The van der Waals surface area contributed by atoms with Gasteiger partial charge in [0, 0.05) is 21.7 Å². The predicted molar refractivity (Wildman–Crippen MR) is 21.0 cm³/mol. The van der Waals surface area contributed by atoms with Crippen molar-refractivity contribution in [2.75, 3.05) is 0 Å². The van der Waals surface area contributed by atoms with Crippen molar-refractivity contribution in [2.45, 2.75) is 0 Å². The quantitative estimate of drug-likeness (QED) is 0.149. The Labute approximate surface area is 64.5 Å². The molecule has 0 rings (SSSR count). The molecule has 0 aliphatic heterocycles. The molecule has 0 spiro atoms. The maximum atomic E-state index is 6.00. The van der Waals surface area contributed by atoms with Crippen LogP contribution >= 0.6 is 0 Å². The summed E-state index contributed by atoms with van der Waals surface area (Å²) >= 11 is 0. The van der Waals surface area contributed by atoms with E-state index in [4.69, 9.17) is 42.1 Å². The first kappa shape index (κ1) is 34.3. The van der Waals surface area contributed by atoms with E-state index in [2.05, 4.69) is 0 Å². The van der Waals surface area contributed by atoms with Gasteiger partial charge in [0.05, 0.1) is 0 Å². The molecule has 8 N–H and O–H groups in total. The second kappa shape index (κ2) is 2950. The molecule has 9 heavy (non-hydrogen) atoms. The van der Waals surface area contributed by atoms with Crippen molar-refractivity contribution in [1.82, 2.24) is 0 Å². The number of hydrogen-bond acceptors (Lipinski definition) is 8. The molecule has 0 unspecified atom stereocenters. The van der Waals surface area contributed by atoms with E-state index >= 15 is 0 Å². The van der Waals surface area contributed by atoms with Gasteiger partial charge in [0.2, 0.25) is 0 Å². The molecule has 0 saturated heterocycles. The first-order valence-electron chi connectivity index (χ1n) is 0.800. The van der Waals surface area contributed by atoms with Crippen LogP contribution in [0.2, 0.25) is 0 Å². The summed E-state index contributed by atoms with van der Waals surface area (Å²) in [6.07, 6.45) is 0. The van der Waals surface area contributed by atoms with Gasteiger partial charge in [0.25, 0.3) is 0 Å². The molecule has 0 aromatic carbocycles. The largest absolute Gasteiger partial charge is 0.255 e. The van der Waals surface area contributed by atoms with Crippen molar-refractivity contribution < 1.29 is 63.8 Å². The molecule has 0 aromatic rings. The Morgan fingerprint density at radius 2 is 0.333 bits per heavy atom. The van der Waals surface area contributed by atoms with Gasteiger partial charge in [-0.05, 0) is 0 Å². The molecule has 9 heteroatoms. The standard InChI is InChI=1S/4H2O2.Ti/c4*1-2;/h4*1-2H;. The van der Waals surface area contributed by atoms with Crippen LogP contribution in [0.4, 0.5) is 0 Å². The van der Waals surface area contributed by atoms with E-state index in [1.165, 1.54) is 0 Å². The van der Waals surface area contributed by atoms with Crippen LogP contribution in [0, 0.1) is 0 Å². The normalized spacial score (nSPS) is 2.67. The average molecular weight is 184 g/mol. The van der Waals surface area contributed by atoms with Crippen LogP contribution < -0.4 is 0 Å². The van der Waals surface area contributed by atoms with E-state index in [9.17, 15) is 0 Å². The first-order valence-corrected chi connectivity index (χ1v) is 0.800. The summed E-state index contributed by atoms with van der Waals surface area (Å²) in [6.45, 7) is 0. The fraction of sp³-hybridized carbons (Fsp3) is 0. The molecule has 8 nitrogen and oxygen atoms in total. The van der Waals surface area contributed by atoms with E-state index in [1.54, 1.807) is 0 Å². The fourth-order valence-corrected chi connectivity index (χ4v) is 0. The molecule has 0 bridgehead atoms. The Morgan fingerprint density at radius 1 is 0.333 bits per heavy atom. The molecule has 0 aliphatic carbocycles. The minimum Gasteiger partial charge on any atom is -0.255 e. The van der Waals surface area contributed by atoms with Crippen LogP contribution in [0.25, 0.3) is 0 Å². The summed E-state index contributed by atoms with van der Waals surface area (Å²) < 4.78 is 0. The monoisotopic (exact) mass is 184 g/mol. The topological polar surface area (TPSA) is 162 Å². The summed E-state index contributed by atoms with van der Waals surface area (Å²) in [6, 6.07) is 0. The Balaban J connectivity index is -0.00000000762. The van der Waals surface area contributed by atoms with Gasteiger partial charge >= 0.3 is 0 Å². The zero-order chi connectivity index (χ0) is 8.00. The van der Waals surface area contributed by atoms with Crippen molar-refractivity contribution in [3.05, 3.63) is 0 Å². The number of hydrogen-bond donors (Lipinski definition) is 8. The maximum Gasteiger partial charge on any atom is 0 e. The van der Waals surface area contributed by atoms with E-state index in [0.717, 1.165) is 0 Å². The Kier molecular flexibility index (Phi) is 11200. The first-order chi connectivity index (χ1) is 4.00. The predicted octanol–water partition coefficient (Wildman–Crippen LogP) is 0.0671. The molecular weight excluding hydrogens is 176 g/mol. The molecule has 60 valence electrons. The second-order valence-electron chi connectivity index (χ2n) is 0. The van der Waals surface area contributed by atoms with Gasteiger partial charge in [-0.1, -0.05) is 0 Å². The van der Waals surface area contributed by atoms with E-state index in [-0.39, 0.29) is 21.7 Å². The fourth-order valence-electron chi connectivity index (χ4n) is 0. The average Bonchev–Trinajstić information content (AvgIpc) is 2.03. The van der Waals surface area contributed by atoms with Crippen LogP contribution in [0.5, 0.6) is 0 Å². The third kappa shape index (κ3) is 2210. The second-order valence-corrected chi connectivity index (χ2v) is 0. The van der Waals surface area contributed by atoms with Gasteiger partial charge in [-0.25, -0.2) is 0 Å². The molecule has 0 aromatic heterocycles. The third-order valence-electron chi connectivity index (χ3n) is 0.